The summed E-state index contributed by atoms with van der Waals surface area (Å²) in [5.41, 5.74) is -0.407. The van der Waals surface area contributed by atoms with Crippen LogP contribution in [0, 0.1) is 0 Å². The van der Waals surface area contributed by atoms with E-state index in [1.54, 1.807) is 12.1 Å². The highest BCUT2D eigenvalue weighted by molar-refractivity contribution is 5.33. The van der Waals surface area contributed by atoms with Crippen molar-refractivity contribution < 1.29 is 22.4 Å². The number of halogens is 3. The molecule has 3 rings (SSSR count). The average molecular weight is 326 g/mol. The lowest BCUT2D eigenvalue weighted by Crippen LogP contribution is -2.47. The predicted molar refractivity (Wildman–Crippen MR) is 76.9 cm³/mol. The molecular weight excluding hydrogens is 309 g/mol. The Bertz CT molecular complexity index is 678. The minimum atomic E-state index is -4.33. The van der Waals surface area contributed by atoms with Gasteiger partial charge in [0.1, 0.15) is 0 Å². The maximum atomic E-state index is 12.9. The van der Waals surface area contributed by atoms with E-state index in [4.69, 9.17) is 9.26 Å². The van der Waals surface area contributed by atoms with Crippen LogP contribution in [0.2, 0.25) is 0 Å². The topological polar surface area (TPSA) is 47.3 Å². The second-order valence-corrected chi connectivity index (χ2v) is 5.70. The maximum absolute atomic E-state index is 12.9. The predicted octanol–water partition coefficient (Wildman–Crippen LogP) is 3.87. The summed E-state index contributed by atoms with van der Waals surface area (Å²) in [6.45, 7) is 0.382. The molecule has 4 nitrogen and oxygen atoms in total. The van der Waals surface area contributed by atoms with E-state index in [0.29, 0.717) is 23.7 Å². The Balaban J connectivity index is 1.78. The fraction of sp³-hybridized carbons (Fsp3) is 0.438. The number of aromatic nitrogens is 1. The molecule has 0 bridgehead atoms. The van der Waals surface area contributed by atoms with Crippen molar-refractivity contribution in [2.75, 3.05) is 7.11 Å². The molecule has 124 valence electrons. The third kappa shape index (κ3) is 3.19. The standard InChI is InChI=1S/C16H17F3N2O2/c1-22-14-9-13(23-21-14)10-20-15(6-3-7-15)11-4-2-5-12(8-11)16(17,18)19/h2,4-5,8-9,20H,3,6-7,10H2,1H3. The highest BCUT2D eigenvalue weighted by Gasteiger charge is 2.40. The second-order valence-electron chi connectivity index (χ2n) is 5.70. The SMILES string of the molecule is COc1cc(CNC2(c3cccc(C(F)(F)F)c3)CCC2)on1. The average Bonchev–Trinajstić information content (AvgIpc) is 2.94. The van der Waals surface area contributed by atoms with Crippen LogP contribution in [0.25, 0.3) is 0 Å². The van der Waals surface area contributed by atoms with E-state index in [9.17, 15) is 13.2 Å². The summed E-state index contributed by atoms with van der Waals surface area (Å²) in [5, 5.41) is 7.04. The molecule has 1 aliphatic carbocycles. The fourth-order valence-electron chi connectivity index (χ4n) is 2.82. The van der Waals surface area contributed by atoms with Crippen LogP contribution in [0.4, 0.5) is 13.2 Å². The van der Waals surface area contributed by atoms with E-state index >= 15 is 0 Å². The molecule has 0 radical (unpaired) electrons. The summed E-state index contributed by atoms with van der Waals surface area (Å²) < 4.78 is 48.8. The number of ether oxygens (including phenoxy) is 1. The Morgan fingerprint density at radius 2 is 2.09 bits per heavy atom. The van der Waals surface area contributed by atoms with Crippen molar-refractivity contribution in [3.63, 3.8) is 0 Å². The van der Waals surface area contributed by atoms with Gasteiger partial charge in [0.05, 0.1) is 19.2 Å². The van der Waals surface area contributed by atoms with Gasteiger partial charge in [-0.15, -0.1) is 0 Å². The largest absolute Gasteiger partial charge is 0.479 e. The van der Waals surface area contributed by atoms with Gasteiger partial charge < -0.3 is 14.6 Å². The number of nitrogens with one attached hydrogen (secondary N) is 1. The van der Waals surface area contributed by atoms with Crippen molar-refractivity contribution in [3.05, 3.63) is 47.2 Å². The van der Waals surface area contributed by atoms with Crippen LogP contribution in [0.3, 0.4) is 0 Å². The molecule has 1 heterocycles. The van der Waals surface area contributed by atoms with Gasteiger partial charge in [0.25, 0.3) is 5.88 Å². The van der Waals surface area contributed by atoms with Crippen LogP contribution in [0.15, 0.2) is 34.9 Å². The molecule has 1 aromatic carbocycles. The van der Waals surface area contributed by atoms with Gasteiger partial charge in [0.2, 0.25) is 0 Å². The molecular formula is C16H17F3N2O2. The van der Waals surface area contributed by atoms with E-state index in [1.807, 2.05) is 0 Å². The minimum Gasteiger partial charge on any atom is -0.479 e. The summed E-state index contributed by atoms with van der Waals surface area (Å²) >= 11 is 0. The first kappa shape index (κ1) is 15.9. The highest BCUT2D eigenvalue weighted by atomic mass is 19.4. The number of benzene rings is 1. The van der Waals surface area contributed by atoms with Gasteiger partial charge in [-0.1, -0.05) is 12.1 Å². The third-order valence-corrected chi connectivity index (χ3v) is 4.30. The monoisotopic (exact) mass is 326 g/mol. The van der Waals surface area contributed by atoms with Crippen LogP contribution in [-0.2, 0) is 18.3 Å². The first-order valence-corrected chi connectivity index (χ1v) is 7.35. The summed E-state index contributed by atoms with van der Waals surface area (Å²) in [5.74, 6) is 0.962. The zero-order valence-electron chi connectivity index (χ0n) is 12.6. The Morgan fingerprint density at radius 3 is 2.65 bits per heavy atom. The van der Waals surface area contributed by atoms with Crippen molar-refractivity contribution >= 4 is 0 Å². The van der Waals surface area contributed by atoms with Crippen molar-refractivity contribution in [3.8, 4) is 5.88 Å². The van der Waals surface area contributed by atoms with Crippen molar-refractivity contribution in [2.24, 2.45) is 0 Å². The van der Waals surface area contributed by atoms with E-state index in [1.165, 1.54) is 19.2 Å². The van der Waals surface area contributed by atoms with Gasteiger partial charge in [0, 0.05) is 11.6 Å². The molecule has 2 aromatic rings. The fourth-order valence-corrected chi connectivity index (χ4v) is 2.82. The van der Waals surface area contributed by atoms with Crippen molar-refractivity contribution in [2.45, 2.75) is 37.5 Å². The maximum Gasteiger partial charge on any atom is 0.416 e. The first-order valence-electron chi connectivity index (χ1n) is 7.35. The van der Waals surface area contributed by atoms with Crippen molar-refractivity contribution in [1.82, 2.24) is 10.5 Å². The molecule has 0 unspecified atom stereocenters. The van der Waals surface area contributed by atoms with Crippen molar-refractivity contribution in [1.29, 1.82) is 0 Å². The summed E-state index contributed by atoms with van der Waals surface area (Å²) in [6, 6.07) is 7.18. The second kappa shape index (κ2) is 5.88. The number of rotatable bonds is 5. The van der Waals surface area contributed by atoms with Gasteiger partial charge >= 0.3 is 6.18 Å². The Kier molecular flexibility index (Phi) is 4.06. The van der Waals surface area contributed by atoms with Crippen LogP contribution in [0.1, 0.15) is 36.1 Å². The van der Waals surface area contributed by atoms with Crippen LogP contribution in [0.5, 0.6) is 5.88 Å². The molecule has 1 aromatic heterocycles. The smallest absolute Gasteiger partial charge is 0.416 e. The quantitative estimate of drug-likeness (QED) is 0.906. The Morgan fingerprint density at radius 1 is 1.30 bits per heavy atom. The molecule has 7 heteroatoms. The van der Waals surface area contributed by atoms with Gasteiger partial charge in [-0.25, -0.2) is 0 Å². The number of hydrogen-bond donors (Lipinski definition) is 1. The lowest BCUT2D eigenvalue weighted by molar-refractivity contribution is -0.137. The van der Waals surface area contributed by atoms with E-state index in [0.717, 1.165) is 25.3 Å². The van der Waals surface area contributed by atoms with Gasteiger partial charge in [-0.3, -0.25) is 0 Å². The minimum absolute atomic E-state index is 0.378. The molecule has 1 saturated carbocycles. The summed E-state index contributed by atoms with van der Waals surface area (Å²) in [7, 11) is 1.49. The number of nitrogens with zero attached hydrogens (tertiary/aromatic N) is 1. The van der Waals surface area contributed by atoms with Gasteiger partial charge in [-0.05, 0) is 42.1 Å². The zero-order chi connectivity index (χ0) is 16.5. The molecule has 0 atom stereocenters. The van der Waals surface area contributed by atoms with E-state index in [2.05, 4.69) is 10.5 Å². The summed E-state index contributed by atoms with van der Waals surface area (Å²) in [6.07, 6.45) is -1.78. The molecule has 0 saturated heterocycles. The lowest BCUT2D eigenvalue weighted by Gasteiger charge is -2.43. The van der Waals surface area contributed by atoms with E-state index in [-0.39, 0.29) is 0 Å². The lowest BCUT2D eigenvalue weighted by atomic mass is 9.71. The van der Waals surface area contributed by atoms with Gasteiger partial charge in [-0.2, -0.15) is 13.2 Å². The third-order valence-electron chi connectivity index (χ3n) is 4.30. The molecule has 0 spiro atoms. The normalized spacial score (nSPS) is 16.9. The number of methoxy groups -OCH3 is 1. The first-order chi connectivity index (χ1) is 10.9. The summed E-state index contributed by atoms with van der Waals surface area (Å²) in [4.78, 5) is 0. The molecule has 1 N–H and O–H groups in total. The van der Waals surface area contributed by atoms with Crippen LogP contribution < -0.4 is 10.1 Å². The molecule has 0 aliphatic heterocycles. The zero-order valence-corrected chi connectivity index (χ0v) is 12.6. The van der Waals surface area contributed by atoms with Crippen LogP contribution in [-0.4, -0.2) is 12.3 Å². The highest BCUT2D eigenvalue weighted by Crippen LogP contribution is 2.43. The molecule has 1 aliphatic rings. The molecule has 1 fully saturated rings. The Labute approximate surface area is 131 Å². The molecule has 0 amide bonds. The van der Waals surface area contributed by atoms with E-state index < -0.39 is 17.3 Å². The molecule has 23 heavy (non-hydrogen) atoms. The van der Waals surface area contributed by atoms with Crippen LogP contribution >= 0.6 is 0 Å². The Hall–Kier alpha value is -2.02. The van der Waals surface area contributed by atoms with Gasteiger partial charge in [0.15, 0.2) is 5.76 Å². The number of hydrogen-bond acceptors (Lipinski definition) is 4. The number of alkyl halides is 3.